The van der Waals surface area contributed by atoms with Crippen LogP contribution in [0.4, 0.5) is 0 Å². The molecule has 0 saturated heterocycles. The zero-order valence-corrected chi connectivity index (χ0v) is 15.2. The monoisotopic (exact) mass is 364 g/mol. The Labute approximate surface area is 157 Å². The summed E-state index contributed by atoms with van der Waals surface area (Å²) in [6.45, 7) is 2.00. The Morgan fingerprint density at radius 2 is 1.81 bits per heavy atom. The van der Waals surface area contributed by atoms with E-state index >= 15 is 0 Å². The smallest absolute Gasteiger partial charge is 0.351 e. The van der Waals surface area contributed by atoms with Crippen molar-refractivity contribution in [3.8, 4) is 0 Å². The minimum absolute atomic E-state index is 0.240. The van der Waals surface area contributed by atoms with Gasteiger partial charge in [-0.25, -0.2) is 9.59 Å². The molecule has 0 bridgehead atoms. The maximum atomic E-state index is 12.9. The Morgan fingerprint density at radius 3 is 2.52 bits per heavy atom. The maximum Gasteiger partial charge on any atom is 0.351 e. The molecule has 0 saturated carbocycles. The van der Waals surface area contributed by atoms with E-state index in [2.05, 4.69) is 0 Å². The number of fused-ring (bicyclic) bond motifs is 3. The Hall–Kier alpha value is -3.08. The number of hydrogen-bond acceptors (Lipinski definition) is 5. The molecule has 0 aromatic heterocycles. The van der Waals surface area contributed by atoms with Crippen LogP contribution in [-0.2, 0) is 30.2 Å². The fourth-order valence-electron chi connectivity index (χ4n) is 4.09. The Morgan fingerprint density at radius 1 is 1.11 bits per heavy atom. The summed E-state index contributed by atoms with van der Waals surface area (Å²) in [5, 5.41) is 0. The molecule has 0 radical (unpaired) electrons. The fourth-order valence-corrected chi connectivity index (χ4v) is 4.09. The highest BCUT2D eigenvalue weighted by molar-refractivity contribution is 6.03. The molecule has 2 aromatic rings. The van der Waals surface area contributed by atoms with Crippen molar-refractivity contribution in [2.45, 2.75) is 24.9 Å². The number of carbonyl (C=O) groups excluding carboxylic acids is 2. The predicted molar refractivity (Wildman–Crippen MR) is 98.7 cm³/mol. The van der Waals surface area contributed by atoms with Gasteiger partial charge in [0.05, 0.1) is 25.2 Å². The van der Waals surface area contributed by atoms with E-state index in [0.717, 1.165) is 16.7 Å². The van der Waals surface area contributed by atoms with Crippen LogP contribution >= 0.6 is 0 Å². The summed E-state index contributed by atoms with van der Waals surface area (Å²) in [4.78, 5) is 25.8. The standard InChI is InChI=1S/C22H20O5/c1-3-26-20(23)17-18-16-12-8-7-11-15(16)13-22(18,21(24)25-2)27-19(17)14-9-5-4-6-10-14/h4-12,18H,3,13H2,1-2H3/t18-,22-/m1/s1. The van der Waals surface area contributed by atoms with Gasteiger partial charge in [-0.05, 0) is 18.1 Å². The molecule has 27 heavy (non-hydrogen) atoms. The number of esters is 2. The minimum Gasteiger partial charge on any atom is -0.473 e. The van der Waals surface area contributed by atoms with Crippen molar-refractivity contribution in [1.82, 2.24) is 0 Å². The summed E-state index contributed by atoms with van der Waals surface area (Å²) in [5.41, 5.74) is 1.69. The number of hydrogen-bond donors (Lipinski definition) is 0. The number of carbonyl (C=O) groups is 2. The summed E-state index contributed by atoms with van der Waals surface area (Å²) in [7, 11) is 1.34. The van der Waals surface area contributed by atoms with Gasteiger partial charge in [-0.1, -0.05) is 54.6 Å². The van der Waals surface area contributed by atoms with Crippen LogP contribution in [-0.4, -0.2) is 31.3 Å². The average Bonchev–Trinajstić information content (AvgIpc) is 3.20. The Balaban J connectivity index is 1.95. The maximum absolute atomic E-state index is 12.9. The zero-order chi connectivity index (χ0) is 19.0. The molecule has 0 unspecified atom stereocenters. The number of benzene rings is 2. The van der Waals surface area contributed by atoms with Crippen LogP contribution in [0.15, 0.2) is 60.2 Å². The van der Waals surface area contributed by atoms with Crippen molar-refractivity contribution in [1.29, 1.82) is 0 Å². The van der Waals surface area contributed by atoms with Crippen molar-refractivity contribution >= 4 is 17.7 Å². The van der Waals surface area contributed by atoms with E-state index in [1.807, 2.05) is 54.6 Å². The molecule has 2 atom stereocenters. The van der Waals surface area contributed by atoms with E-state index in [4.69, 9.17) is 14.2 Å². The van der Waals surface area contributed by atoms with Gasteiger partial charge >= 0.3 is 11.9 Å². The first-order chi connectivity index (χ1) is 13.1. The second-order valence-corrected chi connectivity index (χ2v) is 6.62. The lowest BCUT2D eigenvalue weighted by Gasteiger charge is -2.27. The second kappa shape index (κ2) is 6.58. The minimum atomic E-state index is -1.29. The lowest BCUT2D eigenvalue weighted by Crippen LogP contribution is -2.43. The third-order valence-electron chi connectivity index (χ3n) is 5.17. The summed E-state index contributed by atoms with van der Waals surface area (Å²) in [6, 6.07) is 17.0. The highest BCUT2D eigenvalue weighted by Gasteiger charge is 2.63. The van der Waals surface area contributed by atoms with Gasteiger partial charge in [0.2, 0.25) is 5.60 Å². The summed E-state index contributed by atoms with van der Waals surface area (Å²) >= 11 is 0. The van der Waals surface area contributed by atoms with Crippen LogP contribution < -0.4 is 0 Å². The third-order valence-corrected chi connectivity index (χ3v) is 5.17. The first-order valence-electron chi connectivity index (χ1n) is 8.94. The van der Waals surface area contributed by atoms with Gasteiger partial charge in [0, 0.05) is 12.0 Å². The molecular formula is C22H20O5. The molecule has 0 N–H and O–H groups in total. The van der Waals surface area contributed by atoms with E-state index in [1.54, 1.807) is 6.92 Å². The van der Waals surface area contributed by atoms with Gasteiger partial charge in [0.25, 0.3) is 0 Å². The van der Waals surface area contributed by atoms with Gasteiger partial charge in [0.15, 0.2) is 0 Å². The molecule has 138 valence electrons. The molecule has 0 amide bonds. The summed E-state index contributed by atoms with van der Waals surface area (Å²) in [5.74, 6) is -1.13. The number of methoxy groups -OCH3 is 1. The molecule has 1 heterocycles. The molecule has 1 aliphatic heterocycles. The molecular weight excluding hydrogens is 344 g/mol. The second-order valence-electron chi connectivity index (χ2n) is 6.62. The van der Waals surface area contributed by atoms with Crippen molar-refractivity contribution in [3.63, 3.8) is 0 Å². The molecule has 5 nitrogen and oxygen atoms in total. The molecule has 0 fully saturated rings. The van der Waals surface area contributed by atoms with Crippen molar-refractivity contribution < 1.29 is 23.8 Å². The highest BCUT2D eigenvalue weighted by atomic mass is 16.6. The van der Waals surface area contributed by atoms with E-state index in [0.29, 0.717) is 17.8 Å². The quantitative estimate of drug-likeness (QED) is 0.780. The topological polar surface area (TPSA) is 61.8 Å². The summed E-state index contributed by atoms with van der Waals surface area (Å²) < 4.78 is 16.7. The van der Waals surface area contributed by atoms with Gasteiger partial charge < -0.3 is 14.2 Å². The Kier molecular flexibility index (Phi) is 4.22. The fraction of sp³-hybridized carbons (Fsp3) is 0.273. The Bertz CT molecular complexity index is 931. The lowest BCUT2D eigenvalue weighted by molar-refractivity contribution is -0.160. The molecule has 1 aliphatic carbocycles. The molecule has 0 spiro atoms. The van der Waals surface area contributed by atoms with Crippen LogP contribution in [0.5, 0.6) is 0 Å². The van der Waals surface area contributed by atoms with E-state index in [1.165, 1.54) is 7.11 Å². The number of ether oxygens (including phenoxy) is 3. The van der Waals surface area contributed by atoms with Gasteiger partial charge in [-0.2, -0.15) is 0 Å². The zero-order valence-electron chi connectivity index (χ0n) is 15.2. The van der Waals surface area contributed by atoms with Crippen molar-refractivity contribution in [2.75, 3.05) is 13.7 Å². The normalized spacial score (nSPS) is 22.7. The molecule has 2 aromatic carbocycles. The van der Waals surface area contributed by atoms with Gasteiger partial charge in [-0.15, -0.1) is 0 Å². The van der Waals surface area contributed by atoms with Gasteiger partial charge in [-0.3, -0.25) is 0 Å². The molecule has 4 rings (SSSR count). The van der Waals surface area contributed by atoms with Crippen LogP contribution in [0.2, 0.25) is 0 Å². The molecule has 5 heteroatoms. The molecule has 2 aliphatic rings. The average molecular weight is 364 g/mol. The first kappa shape index (κ1) is 17.3. The van der Waals surface area contributed by atoms with Gasteiger partial charge in [0.1, 0.15) is 5.76 Å². The van der Waals surface area contributed by atoms with Crippen LogP contribution in [0.3, 0.4) is 0 Å². The third kappa shape index (κ3) is 2.53. The first-order valence-corrected chi connectivity index (χ1v) is 8.94. The van der Waals surface area contributed by atoms with Crippen LogP contribution in [0, 0.1) is 0 Å². The van der Waals surface area contributed by atoms with Crippen molar-refractivity contribution in [3.05, 3.63) is 76.9 Å². The van der Waals surface area contributed by atoms with Crippen LogP contribution in [0.1, 0.15) is 29.5 Å². The largest absolute Gasteiger partial charge is 0.473 e. The van der Waals surface area contributed by atoms with E-state index < -0.39 is 23.5 Å². The van der Waals surface area contributed by atoms with E-state index in [-0.39, 0.29) is 6.61 Å². The predicted octanol–water partition coefficient (Wildman–Crippen LogP) is 3.24. The summed E-state index contributed by atoms with van der Waals surface area (Å²) in [6.07, 6.45) is 0.347. The van der Waals surface area contributed by atoms with E-state index in [9.17, 15) is 9.59 Å². The lowest BCUT2D eigenvalue weighted by atomic mass is 9.83. The number of rotatable bonds is 4. The van der Waals surface area contributed by atoms with Crippen molar-refractivity contribution in [2.24, 2.45) is 0 Å². The van der Waals surface area contributed by atoms with Crippen LogP contribution in [0.25, 0.3) is 5.76 Å². The highest BCUT2D eigenvalue weighted by Crippen LogP contribution is 2.56. The SMILES string of the molecule is CCOC(=O)C1=C(c2ccccc2)O[C@]2(C(=O)OC)Cc3ccccc3[C@H]12.